The zero-order valence-electron chi connectivity index (χ0n) is 7.21. The van der Waals surface area contributed by atoms with Crippen molar-refractivity contribution in [3.05, 3.63) is 0 Å². The molecule has 0 N–H and O–H groups in total. The van der Waals surface area contributed by atoms with Gasteiger partial charge in [0.15, 0.2) is 0 Å². The molecule has 1 aliphatic heterocycles. The molecule has 0 spiro atoms. The molecule has 2 radical (unpaired) electrons. The minimum absolute atomic E-state index is 0.432. The van der Waals surface area contributed by atoms with Crippen molar-refractivity contribution in [3.63, 3.8) is 0 Å². The molecule has 1 fully saturated rings. The molecule has 1 saturated heterocycles. The van der Waals surface area contributed by atoms with Gasteiger partial charge < -0.3 is 9.64 Å². The van der Waals surface area contributed by atoms with Crippen LogP contribution in [0.25, 0.3) is 0 Å². The molecule has 0 amide bonds. The van der Waals surface area contributed by atoms with E-state index in [9.17, 15) is 0 Å². The van der Waals surface area contributed by atoms with E-state index >= 15 is 0 Å². The van der Waals surface area contributed by atoms with Crippen LogP contribution in [0.4, 0.5) is 0 Å². The van der Waals surface area contributed by atoms with Gasteiger partial charge in [0.05, 0.1) is 6.10 Å². The van der Waals surface area contributed by atoms with Crippen LogP contribution < -0.4 is 0 Å². The van der Waals surface area contributed by atoms with Gasteiger partial charge in [0.1, 0.15) is 7.57 Å². The van der Waals surface area contributed by atoms with E-state index in [1.807, 2.05) is 0 Å². The Morgan fingerprint density at radius 3 is 2.91 bits per heavy atom. The Kier molecular flexibility index (Phi) is 3.84. The van der Waals surface area contributed by atoms with Crippen LogP contribution in [0.3, 0.4) is 0 Å². The van der Waals surface area contributed by atoms with Gasteiger partial charge in [-0.2, -0.15) is 8.46 Å². The van der Waals surface area contributed by atoms with Crippen LogP contribution >= 0.6 is 8.46 Å². The Morgan fingerprint density at radius 1 is 1.73 bits per heavy atom. The topological polar surface area (TPSA) is 12.5 Å². The Morgan fingerprint density at radius 2 is 2.45 bits per heavy atom. The summed E-state index contributed by atoms with van der Waals surface area (Å²) in [5.74, 6) is 0. The van der Waals surface area contributed by atoms with Crippen LogP contribution in [-0.2, 0) is 4.74 Å². The fourth-order valence-corrected chi connectivity index (χ4v) is 2.32. The van der Waals surface area contributed by atoms with Crippen molar-refractivity contribution in [2.24, 2.45) is 0 Å². The average molecular weight is 171 g/mol. The van der Waals surface area contributed by atoms with Crippen molar-refractivity contribution in [2.45, 2.75) is 18.6 Å². The molecule has 62 valence electrons. The van der Waals surface area contributed by atoms with E-state index < -0.39 is 0 Å². The van der Waals surface area contributed by atoms with Crippen molar-refractivity contribution in [1.29, 1.82) is 0 Å². The summed E-state index contributed by atoms with van der Waals surface area (Å²) in [7, 11) is 10.0. The van der Waals surface area contributed by atoms with Crippen molar-refractivity contribution < 1.29 is 4.74 Å². The fourth-order valence-electron chi connectivity index (χ4n) is 1.57. The van der Waals surface area contributed by atoms with Crippen LogP contribution in [0.15, 0.2) is 0 Å². The van der Waals surface area contributed by atoms with Gasteiger partial charge in [0.25, 0.3) is 0 Å². The Hall–Kier alpha value is 0.415. The highest BCUT2D eigenvalue weighted by Gasteiger charge is 2.28. The SMILES string of the molecule is [B]PCC1CC(OC)CN1C. The molecule has 0 aromatic carbocycles. The highest BCUT2D eigenvalue weighted by Crippen LogP contribution is 2.21. The van der Waals surface area contributed by atoms with E-state index in [1.54, 1.807) is 7.11 Å². The monoisotopic (exact) mass is 171 g/mol. The molecule has 0 bridgehead atoms. The van der Waals surface area contributed by atoms with Crippen LogP contribution in [0.5, 0.6) is 0 Å². The lowest BCUT2D eigenvalue weighted by Gasteiger charge is -2.17. The molecular weight excluding hydrogens is 156 g/mol. The Labute approximate surface area is 71.8 Å². The summed E-state index contributed by atoms with van der Waals surface area (Å²) >= 11 is 0. The summed E-state index contributed by atoms with van der Waals surface area (Å²) in [5.41, 5.74) is 0. The highest BCUT2D eigenvalue weighted by molar-refractivity contribution is 7.66. The Balaban J connectivity index is 2.32. The maximum atomic E-state index is 5.52. The van der Waals surface area contributed by atoms with Crippen molar-refractivity contribution in [1.82, 2.24) is 4.90 Å². The molecule has 11 heavy (non-hydrogen) atoms. The first-order valence-corrected chi connectivity index (χ1v) is 5.23. The maximum Gasteiger partial charge on any atom is 0.104 e. The minimum atomic E-state index is 0.432. The number of nitrogens with zero attached hydrogens (tertiary/aromatic N) is 1. The summed E-state index contributed by atoms with van der Waals surface area (Å²) in [6.07, 6.45) is 2.70. The number of hydrogen-bond donors (Lipinski definition) is 0. The van der Waals surface area contributed by atoms with E-state index in [4.69, 9.17) is 12.3 Å². The molecule has 0 aromatic heterocycles. The van der Waals surface area contributed by atoms with E-state index in [0.717, 1.165) is 19.1 Å². The second-order valence-electron chi connectivity index (χ2n) is 3.10. The molecular formula is C7H15BNOP. The normalized spacial score (nSPS) is 34.0. The van der Waals surface area contributed by atoms with Crippen LogP contribution in [0, 0.1) is 0 Å². The molecule has 1 heterocycles. The number of hydrogen-bond acceptors (Lipinski definition) is 2. The number of likely N-dealkylation sites (tertiary alicyclic amines) is 1. The minimum Gasteiger partial charge on any atom is -0.380 e. The number of likely N-dealkylation sites (N-methyl/N-ethyl adjacent to an activating group) is 1. The first-order valence-electron chi connectivity index (χ1n) is 3.94. The van der Waals surface area contributed by atoms with Crippen molar-refractivity contribution in [2.75, 3.05) is 26.9 Å². The lowest BCUT2D eigenvalue weighted by Crippen LogP contribution is -2.26. The second kappa shape index (κ2) is 4.44. The van der Waals surface area contributed by atoms with Gasteiger partial charge in [0, 0.05) is 19.7 Å². The highest BCUT2D eigenvalue weighted by atomic mass is 31.1. The third-order valence-corrected chi connectivity index (χ3v) is 3.04. The van der Waals surface area contributed by atoms with Gasteiger partial charge in [0.2, 0.25) is 0 Å². The first-order chi connectivity index (χ1) is 5.27. The predicted molar refractivity (Wildman–Crippen MR) is 50.8 cm³/mol. The maximum absolute atomic E-state index is 5.52. The van der Waals surface area contributed by atoms with Gasteiger partial charge in [-0.3, -0.25) is 0 Å². The number of rotatable bonds is 3. The second-order valence-corrected chi connectivity index (χ2v) is 3.91. The van der Waals surface area contributed by atoms with Gasteiger partial charge >= 0.3 is 0 Å². The van der Waals surface area contributed by atoms with Crippen molar-refractivity contribution in [3.8, 4) is 0 Å². The van der Waals surface area contributed by atoms with E-state index in [-0.39, 0.29) is 0 Å². The molecule has 3 unspecified atom stereocenters. The van der Waals surface area contributed by atoms with Gasteiger partial charge in [-0.25, -0.2) is 0 Å². The number of ether oxygens (including phenoxy) is 1. The number of methoxy groups -OCH3 is 1. The van der Waals surface area contributed by atoms with Gasteiger partial charge in [-0.05, 0) is 19.6 Å². The van der Waals surface area contributed by atoms with E-state index in [0.29, 0.717) is 20.6 Å². The lowest BCUT2D eigenvalue weighted by molar-refractivity contribution is 0.111. The van der Waals surface area contributed by atoms with Crippen LogP contribution in [0.2, 0.25) is 0 Å². The molecule has 2 nitrogen and oxygen atoms in total. The molecule has 1 aliphatic rings. The third kappa shape index (κ3) is 2.43. The molecule has 0 aromatic rings. The van der Waals surface area contributed by atoms with Crippen LogP contribution in [0.1, 0.15) is 6.42 Å². The molecule has 4 heteroatoms. The summed E-state index contributed by atoms with van der Waals surface area (Å²) < 4.78 is 5.28. The predicted octanol–water partition coefficient (Wildman–Crippen LogP) is 0.468. The summed E-state index contributed by atoms with van der Waals surface area (Å²) in [6, 6.07) is 0.656. The molecule has 3 atom stereocenters. The summed E-state index contributed by atoms with van der Waals surface area (Å²) in [6.45, 7) is 1.06. The fraction of sp³-hybridized carbons (Fsp3) is 1.00. The smallest absolute Gasteiger partial charge is 0.104 e. The third-order valence-electron chi connectivity index (χ3n) is 2.34. The van der Waals surface area contributed by atoms with Crippen molar-refractivity contribution >= 4 is 16.0 Å². The van der Waals surface area contributed by atoms with E-state index in [2.05, 4.69) is 11.9 Å². The van der Waals surface area contributed by atoms with Crippen LogP contribution in [-0.4, -0.2) is 51.5 Å². The molecule has 0 saturated carbocycles. The lowest BCUT2D eigenvalue weighted by atomic mass is 10.2. The average Bonchev–Trinajstić information content (AvgIpc) is 2.33. The summed E-state index contributed by atoms with van der Waals surface area (Å²) in [4.78, 5) is 2.34. The summed E-state index contributed by atoms with van der Waals surface area (Å²) in [5, 5.41) is 0. The van der Waals surface area contributed by atoms with Gasteiger partial charge in [-0.1, -0.05) is 0 Å². The van der Waals surface area contributed by atoms with Gasteiger partial charge in [-0.15, -0.1) is 0 Å². The molecule has 0 aliphatic carbocycles. The Bertz CT molecular complexity index is 125. The van der Waals surface area contributed by atoms with E-state index in [1.165, 1.54) is 0 Å². The standard InChI is InChI=1S/C7H15BNOP/c1-9-4-7(10-2)3-6(9)5-11-8/h6-7,11H,3-5H2,1-2H3. The quantitative estimate of drug-likeness (QED) is 0.452. The largest absolute Gasteiger partial charge is 0.380 e. The first kappa shape index (κ1) is 9.50. The zero-order chi connectivity index (χ0) is 8.27. The zero-order valence-corrected chi connectivity index (χ0v) is 8.21. The molecule has 1 rings (SSSR count).